The van der Waals surface area contributed by atoms with Crippen LogP contribution >= 0.6 is 11.6 Å². The summed E-state index contributed by atoms with van der Waals surface area (Å²) in [7, 11) is 1.24. The number of nitrogen functional groups attached to an aromatic ring is 1. The predicted molar refractivity (Wildman–Crippen MR) is 81.6 cm³/mol. The van der Waals surface area contributed by atoms with Crippen molar-refractivity contribution in [2.24, 2.45) is 0 Å². The Balaban J connectivity index is 2.44. The second-order valence-electron chi connectivity index (χ2n) is 4.45. The number of nitrogens with two attached hydrogens (primary N) is 1. The Morgan fingerprint density at radius 2 is 2.05 bits per heavy atom. The number of carbonyl (C=O) groups excluding carboxylic acids is 1. The second kappa shape index (κ2) is 6.01. The number of halogens is 2. The zero-order valence-electron chi connectivity index (χ0n) is 11.5. The molecule has 2 aromatic rings. The number of hydrogen-bond donors (Lipinski definition) is 2. The normalized spacial score (nSPS) is 10.3. The quantitative estimate of drug-likeness (QED) is 0.666. The van der Waals surface area contributed by atoms with Gasteiger partial charge in [0.2, 0.25) is 0 Å². The van der Waals surface area contributed by atoms with Gasteiger partial charge < -0.3 is 15.8 Å². The first-order chi connectivity index (χ1) is 9.93. The Morgan fingerprint density at radius 1 is 1.33 bits per heavy atom. The van der Waals surface area contributed by atoms with Crippen LogP contribution in [0.2, 0.25) is 5.02 Å². The molecule has 0 unspecified atom stereocenters. The summed E-state index contributed by atoms with van der Waals surface area (Å²) >= 11 is 6.02. The highest BCUT2D eigenvalue weighted by molar-refractivity contribution is 6.31. The lowest BCUT2D eigenvalue weighted by Gasteiger charge is -2.13. The minimum atomic E-state index is -0.627. The van der Waals surface area contributed by atoms with E-state index < -0.39 is 11.8 Å². The maximum atomic E-state index is 14.0. The van der Waals surface area contributed by atoms with Crippen molar-refractivity contribution in [3.63, 3.8) is 0 Å². The van der Waals surface area contributed by atoms with Crippen LogP contribution in [0.25, 0.3) is 0 Å². The molecule has 6 heteroatoms. The molecule has 0 fully saturated rings. The van der Waals surface area contributed by atoms with E-state index in [1.54, 1.807) is 25.1 Å². The second-order valence-corrected chi connectivity index (χ2v) is 4.86. The van der Waals surface area contributed by atoms with Gasteiger partial charge in [0.15, 0.2) is 0 Å². The maximum absolute atomic E-state index is 14.0. The van der Waals surface area contributed by atoms with Crippen LogP contribution in [-0.4, -0.2) is 13.1 Å². The van der Waals surface area contributed by atoms with Gasteiger partial charge in [-0.1, -0.05) is 17.7 Å². The van der Waals surface area contributed by atoms with Gasteiger partial charge in [-0.15, -0.1) is 0 Å². The summed E-state index contributed by atoms with van der Waals surface area (Å²) in [5.74, 6) is -1.20. The molecule has 110 valence electrons. The number of ether oxygens (including phenoxy) is 1. The Hall–Kier alpha value is -2.27. The number of rotatable bonds is 3. The van der Waals surface area contributed by atoms with Crippen molar-refractivity contribution in [3.8, 4) is 0 Å². The SMILES string of the molecule is COC(=O)c1cc(Nc2cccc(Cl)c2C)c(F)cc1N. The lowest BCUT2D eigenvalue weighted by atomic mass is 10.1. The van der Waals surface area contributed by atoms with Gasteiger partial charge in [0.25, 0.3) is 0 Å². The third kappa shape index (κ3) is 3.08. The van der Waals surface area contributed by atoms with Crippen LogP contribution < -0.4 is 11.1 Å². The van der Waals surface area contributed by atoms with Crippen LogP contribution in [0.1, 0.15) is 15.9 Å². The molecule has 0 spiro atoms. The third-order valence-electron chi connectivity index (χ3n) is 3.08. The monoisotopic (exact) mass is 308 g/mol. The fourth-order valence-corrected chi connectivity index (χ4v) is 2.03. The maximum Gasteiger partial charge on any atom is 0.340 e. The minimum absolute atomic E-state index is 0.0210. The molecule has 0 radical (unpaired) electrons. The minimum Gasteiger partial charge on any atom is -0.465 e. The summed E-state index contributed by atoms with van der Waals surface area (Å²) in [5.41, 5.74) is 7.28. The topological polar surface area (TPSA) is 64.3 Å². The number of esters is 1. The van der Waals surface area contributed by atoms with Crippen LogP contribution in [0, 0.1) is 12.7 Å². The molecule has 0 saturated heterocycles. The summed E-state index contributed by atoms with van der Waals surface area (Å²) in [6.07, 6.45) is 0. The lowest BCUT2D eigenvalue weighted by Crippen LogP contribution is -2.08. The molecule has 0 bridgehead atoms. The Bertz CT molecular complexity index is 704. The van der Waals surface area contributed by atoms with Gasteiger partial charge in [-0.05, 0) is 36.8 Å². The molecular formula is C15H14ClFN2O2. The van der Waals surface area contributed by atoms with Crippen molar-refractivity contribution < 1.29 is 13.9 Å². The summed E-state index contributed by atoms with van der Waals surface area (Å²) in [6.45, 7) is 1.81. The molecule has 0 aliphatic rings. The van der Waals surface area contributed by atoms with Crippen molar-refractivity contribution in [2.75, 3.05) is 18.2 Å². The van der Waals surface area contributed by atoms with E-state index in [2.05, 4.69) is 10.1 Å². The highest BCUT2D eigenvalue weighted by Gasteiger charge is 2.15. The average Bonchev–Trinajstić information content (AvgIpc) is 2.45. The first-order valence-corrected chi connectivity index (χ1v) is 6.51. The molecular weight excluding hydrogens is 295 g/mol. The molecule has 0 aliphatic carbocycles. The van der Waals surface area contributed by atoms with E-state index in [0.29, 0.717) is 10.7 Å². The Morgan fingerprint density at radius 3 is 2.71 bits per heavy atom. The fraction of sp³-hybridized carbons (Fsp3) is 0.133. The van der Waals surface area contributed by atoms with E-state index in [1.165, 1.54) is 13.2 Å². The van der Waals surface area contributed by atoms with E-state index in [-0.39, 0.29) is 16.9 Å². The van der Waals surface area contributed by atoms with Gasteiger partial charge >= 0.3 is 5.97 Å². The lowest BCUT2D eigenvalue weighted by molar-refractivity contribution is 0.0602. The zero-order chi connectivity index (χ0) is 15.6. The van der Waals surface area contributed by atoms with Crippen LogP contribution in [0.4, 0.5) is 21.5 Å². The molecule has 0 atom stereocenters. The zero-order valence-corrected chi connectivity index (χ0v) is 12.3. The van der Waals surface area contributed by atoms with Gasteiger partial charge in [0.05, 0.1) is 18.4 Å². The molecule has 0 saturated carbocycles. The molecule has 2 rings (SSSR count). The molecule has 0 heterocycles. The van der Waals surface area contributed by atoms with Crippen LogP contribution in [0.15, 0.2) is 30.3 Å². The van der Waals surface area contributed by atoms with Crippen molar-refractivity contribution in [1.82, 2.24) is 0 Å². The molecule has 0 aromatic heterocycles. The number of anilines is 3. The highest BCUT2D eigenvalue weighted by Crippen LogP contribution is 2.29. The van der Waals surface area contributed by atoms with Gasteiger partial charge in [-0.25, -0.2) is 9.18 Å². The number of nitrogens with one attached hydrogen (secondary N) is 1. The molecule has 21 heavy (non-hydrogen) atoms. The van der Waals surface area contributed by atoms with Gasteiger partial charge in [-0.3, -0.25) is 0 Å². The first kappa shape index (κ1) is 15.1. The van der Waals surface area contributed by atoms with E-state index in [0.717, 1.165) is 11.6 Å². The van der Waals surface area contributed by atoms with E-state index in [1.807, 2.05) is 0 Å². The summed E-state index contributed by atoms with van der Waals surface area (Å²) in [5, 5.41) is 3.46. The molecule has 2 aromatic carbocycles. The van der Waals surface area contributed by atoms with Crippen molar-refractivity contribution in [3.05, 3.63) is 52.3 Å². The van der Waals surface area contributed by atoms with E-state index in [9.17, 15) is 9.18 Å². The smallest absolute Gasteiger partial charge is 0.340 e. The van der Waals surface area contributed by atoms with Crippen LogP contribution in [0.3, 0.4) is 0 Å². The van der Waals surface area contributed by atoms with Gasteiger partial charge in [0, 0.05) is 16.4 Å². The summed E-state index contributed by atoms with van der Waals surface area (Å²) in [6, 6.07) is 7.63. The fourth-order valence-electron chi connectivity index (χ4n) is 1.86. The Labute approximate surface area is 126 Å². The molecule has 0 amide bonds. The van der Waals surface area contributed by atoms with Gasteiger partial charge in [0.1, 0.15) is 5.82 Å². The molecule has 0 aliphatic heterocycles. The highest BCUT2D eigenvalue weighted by atomic mass is 35.5. The molecule has 3 N–H and O–H groups in total. The summed E-state index contributed by atoms with van der Waals surface area (Å²) < 4.78 is 18.6. The average molecular weight is 309 g/mol. The molecule has 4 nitrogen and oxygen atoms in total. The standard InChI is InChI=1S/C15H14ClFN2O2/c1-8-10(16)4-3-5-13(8)19-14-6-9(15(20)21-2)12(18)7-11(14)17/h3-7,19H,18H2,1-2H3. The van der Waals surface area contributed by atoms with Crippen LogP contribution in [-0.2, 0) is 4.74 Å². The third-order valence-corrected chi connectivity index (χ3v) is 3.49. The first-order valence-electron chi connectivity index (χ1n) is 6.13. The van der Waals surface area contributed by atoms with Crippen LogP contribution in [0.5, 0.6) is 0 Å². The number of methoxy groups -OCH3 is 1. The number of carbonyl (C=O) groups is 1. The van der Waals surface area contributed by atoms with E-state index in [4.69, 9.17) is 17.3 Å². The largest absolute Gasteiger partial charge is 0.465 e. The summed E-state index contributed by atoms with van der Waals surface area (Å²) in [4.78, 5) is 11.6. The number of benzene rings is 2. The Kier molecular flexibility index (Phi) is 4.33. The van der Waals surface area contributed by atoms with Gasteiger partial charge in [-0.2, -0.15) is 0 Å². The van der Waals surface area contributed by atoms with Crippen molar-refractivity contribution in [1.29, 1.82) is 0 Å². The van der Waals surface area contributed by atoms with E-state index >= 15 is 0 Å². The van der Waals surface area contributed by atoms with Crippen molar-refractivity contribution >= 4 is 34.6 Å². The number of hydrogen-bond acceptors (Lipinski definition) is 4. The van der Waals surface area contributed by atoms with Crippen molar-refractivity contribution in [2.45, 2.75) is 6.92 Å². The predicted octanol–water partition coefficient (Wildman–Crippen LogP) is 3.90.